The molecule has 1 rings (SSSR count). The van der Waals surface area contributed by atoms with Crippen molar-refractivity contribution in [3.8, 4) is 0 Å². The minimum Gasteiger partial charge on any atom is -0.790 e. The van der Waals surface area contributed by atoms with Crippen LogP contribution in [0.5, 0.6) is 0 Å². The molecule has 0 aromatic rings. The molecule has 60 valence electrons. The fourth-order valence-electron chi connectivity index (χ4n) is 1.35. The van der Waals surface area contributed by atoms with E-state index in [4.69, 9.17) is 22.4 Å². The third-order valence-electron chi connectivity index (χ3n) is 1.96. The van der Waals surface area contributed by atoms with Gasteiger partial charge >= 0.3 is 0 Å². The summed E-state index contributed by atoms with van der Waals surface area (Å²) >= 11 is 9.49. The molecule has 1 aliphatic carbocycles. The second kappa shape index (κ2) is 3.43. The summed E-state index contributed by atoms with van der Waals surface area (Å²) in [7, 11) is -2.31. The highest BCUT2D eigenvalue weighted by atomic mass is 33.1. The number of hydrogen-bond acceptors (Lipinski definition) is 3. The molecule has 0 N–H and O–H groups in total. The predicted octanol–water partition coefficient (Wildman–Crippen LogP) is 1.53. The van der Waals surface area contributed by atoms with Crippen molar-refractivity contribution in [3.05, 3.63) is 0 Å². The second-order valence-electron chi connectivity index (χ2n) is 2.75. The molecule has 0 bridgehead atoms. The monoisotopic (exact) mass is 195 g/mol. The lowest BCUT2D eigenvalue weighted by Gasteiger charge is -2.29. The van der Waals surface area contributed by atoms with E-state index in [1.165, 1.54) is 6.42 Å². The molecule has 1 nitrogen and oxygen atoms in total. The Balaban J connectivity index is 2.56. The van der Waals surface area contributed by atoms with Gasteiger partial charge in [0.2, 0.25) is 0 Å². The first-order chi connectivity index (χ1) is 4.61. The SMILES string of the molecule is [O-]S(=S)(=S)C1CCCCC1. The van der Waals surface area contributed by atoms with Gasteiger partial charge in [0.1, 0.15) is 0 Å². The zero-order chi connectivity index (χ0) is 7.61. The summed E-state index contributed by atoms with van der Waals surface area (Å²) in [6, 6.07) is 0. The van der Waals surface area contributed by atoms with Crippen molar-refractivity contribution in [2.75, 3.05) is 0 Å². The second-order valence-corrected chi connectivity index (χ2v) is 8.01. The van der Waals surface area contributed by atoms with E-state index in [2.05, 4.69) is 0 Å². The Kier molecular flexibility index (Phi) is 3.03. The maximum absolute atomic E-state index is 11.2. The predicted molar refractivity (Wildman–Crippen MR) is 49.7 cm³/mol. The third-order valence-corrected chi connectivity index (χ3v) is 4.88. The summed E-state index contributed by atoms with van der Waals surface area (Å²) in [5.74, 6) is 0. The van der Waals surface area contributed by atoms with E-state index in [9.17, 15) is 4.55 Å². The van der Waals surface area contributed by atoms with Gasteiger partial charge in [-0.2, -0.15) is 7.43 Å². The van der Waals surface area contributed by atoms with Crippen LogP contribution in [0.4, 0.5) is 0 Å². The molecule has 0 amide bonds. The van der Waals surface area contributed by atoms with Crippen LogP contribution in [-0.4, -0.2) is 9.80 Å². The number of hydrogen-bond donors (Lipinski definition) is 0. The zero-order valence-electron chi connectivity index (χ0n) is 5.75. The third kappa shape index (κ3) is 2.42. The lowest BCUT2D eigenvalue weighted by Crippen LogP contribution is -2.21. The van der Waals surface area contributed by atoms with Gasteiger partial charge in [0, 0.05) is 5.25 Å². The lowest BCUT2D eigenvalue weighted by molar-refractivity contribution is 0.490. The molecule has 0 aromatic heterocycles. The van der Waals surface area contributed by atoms with Crippen molar-refractivity contribution in [3.63, 3.8) is 0 Å². The molecule has 0 heterocycles. The highest BCUT2D eigenvalue weighted by Gasteiger charge is 2.13. The minimum atomic E-state index is -2.31. The van der Waals surface area contributed by atoms with E-state index >= 15 is 0 Å². The molecular formula is C6H11OS3-. The topological polar surface area (TPSA) is 23.1 Å². The molecule has 0 radical (unpaired) electrons. The van der Waals surface area contributed by atoms with Crippen LogP contribution >= 0.6 is 0 Å². The first kappa shape index (κ1) is 8.84. The Labute approximate surface area is 71.8 Å². The van der Waals surface area contributed by atoms with Crippen LogP contribution in [0.3, 0.4) is 0 Å². The largest absolute Gasteiger partial charge is 0.790 e. The average molecular weight is 195 g/mol. The molecule has 0 aromatic carbocycles. The van der Waals surface area contributed by atoms with Gasteiger partial charge in [-0.3, -0.25) is 0 Å². The van der Waals surface area contributed by atoms with Gasteiger partial charge in [0.05, 0.1) is 0 Å². The lowest BCUT2D eigenvalue weighted by atomic mass is 10.0. The van der Waals surface area contributed by atoms with E-state index in [1.54, 1.807) is 0 Å². The molecule has 10 heavy (non-hydrogen) atoms. The smallest absolute Gasteiger partial charge is 0.000977 e. The summed E-state index contributed by atoms with van der Waals surface area (Å²) < 4.78 is 11.2. The highest BCUT2D eigenvalue weighted by molar-refractivity contribution is 8.53. The van der Waals surface area contributed by atoms with Crippen LogP contribution < -0.4 is 0 Å². The minimum absolute atomic E-state index is 0.159. The normalized spacial score (nSPS) is 22.9. The van der Waals surface area contributed by atoms with E-state index in [0.29, 0.717) is 0 Å². The average Bonchev–Trinajstić information content (AvgIpc) is 1.88. The summed E-state index contributed by atoms with van der Waals surface area (Å²) in [6.45, 7) is 0. The van der Waals surface area contributed by atoms with Crippen LogP contribution in [-0.2, 0) is 29.8 Å². The summed E-state index contributed by atoms with van der Waals surface area (Å²) in [6.07, 6.45) is 5.57. The van der Waals surface area contributed by atoms with Crippen molar-refractivity contribution < 1.29 is 4.55 Å². The molecule has 0 saturated heterocycles. The zero-order valence-corrected chi connectivity index (χ0v) is 8.20. The first-order valence-electron chi connectivity index (χ1n) is 3.55. The Morgan fingerprint density at radius 1 is 1.10 bits per heavy atom. The van der Waals surface area contributed by atoms with Crippen LogP contribution in [0.25, 0.3) is 0 Å². The van der Waals surface area contributed by atoms with Crippen molar-refractivity contribution in [1.29, 1.82) is 0 Å². The Morgan fingerprint density at radius 3 is 1.90 bits per heavy atom. The van der Waals surface area contributed by atoms with E-state index in [1.807, 2.05) is 0 Å². The molecule has 0 atom stereocenters. The van der Waals surface area contributed by atoms with E-state index in [-0.39, 0.29) is 5.25 Å². The quantitative estimate of drug-likeness (QED) is 0.634. The molecule has 1 fully saturated rings. The van der Waals surface area contributed by atoms with E-state index in [0.717, 1.165) is 25.7 Å². The van der Waals surface area contributed by atoms with Gasteiger partial charge in [0.15, 0.2) is 0 Å². The summed E-state index contributed by atoms with van der Waals surface area (Å²) in [5, 5.41) is 0.159. The molecular weight excluding hydrogens is 184 g/mol. The molecule has 0 aliphatic heterocycles. The molecule has 0 unspecified atom stereocenters. The van der Waals surface area contributed by atoms with Gasteiger partial charge in [-0.1, -0.05) is 41.6 Å². The molecule has 4 heteroatoms. The standard InChI is InChI=1S/C6H12OS3/c7-10(8,9)6-4-2-1-3-5-6/h6H,1-5H2,(H,7,8,9)/p-1. The summed E-state index contributed by atoms with van der Waals surface area (Å²) in [5.41, 5.74) is 0. The highest BCUT2D eigenvalue weighted by Crippen LogP contribution is 2.22. The van der Waals surface area contributed by atoms with Crippen molar-refractivity contribution >= 4 is 29.8 Å². The fourth-order valence-corrected chi connectivity index (χ4v) is 3.42. The maximum atomic E-state index is 11.2. The number of rotatable bonds is 1. The molecule has 1 saturated carbocycles. The Morgan fingerprint density at radius 2 is 1.60 bits per heavy atom. The first-order valence-corrected chi connectivity index (χ1v) is 7.02. The van der Waals surface area contributed by atoms with Gasteiger partial charge in [-0.05, 0) is 12.8 Å². The Hall–Kier alpha value is 0.750. The Bertz CT molecular complexity index is 189. The van der Waals surface area contributed by atoms with Crippen molar-refractivity contribution in [2.45, 2.75) is 37.4 Å². The molecule has 1 aliphatic rings. The van der Waals surface area contributed by atoms with Crippen molar-refractivity contribution in [2.24, 2.45) is 0 Å². The van der Waals surface area contributed by atoms with Crippen LogP contribution in [0.2, 0.25) is 0 Å². The summed E-state index contributed by atoms with van der Waals surface area (Å²) in [4.78, 5) is 0. The van der Waals surface area contributed by atoms with E-state index < -0.39 is 7.43 Å². The van der Waals surface area contributed by atoms with Gasteiger partial charge in [-0.15, -0.1) is 0 Å². The van der Waals surface area contributed by atoms with Gasteiger partial charge < -0.3 is 4.55 Å². The van der Waals surface area contributed by atoms with Gasteiger partial charge in [-0.25, -0.2) is 0 Å². The fraction of sp³-hybridized carbons (Fsp3) is 1.00. The van der Waals surface area contributed by atoms with Gasteiger partial charge in [0.25, 0.3) is 0 Å². The van der Waals surface area contributed by atoms with Crippen LogP contribution in [0.15, 0.2) is 0 Å². The van der Waals surface area contributed by atoms with Crippen molar-refractivity contribution in [1.82, 2.24) is 0 Å². The van der Waals surface area contributed by atoms with Crippen LogP contribution in [0.1, 0.15) is 32.1 Å². The van der Waals surface area contributed by atoms with Crippen LogP contribution in [0, 0.1) is 0 Å². The maximum Gasteiger partial charge on any atom is 0.000977 e. The molecule has 0 spiro atoms.